The minimum Gasteiger partial charge on any atom is -0.448 e. The first-order chi connectivity index (χ1) is 11.1. The largest absolute Gasteiger partial charge is 0.448 e. The molecule has 132 valence electrons. The minimum atomic E-state index is -3.11. The summed E-state index contributed by atoms with van der Waals surface area (Å²) in [7, 11) is -1.61. The van der Waals surface area contributed by atoms with Crippen LogP contribution in [0.1, 0.15) is 41.1 Å². The Labute approximate surface area is 140 Å². The zero-order valence-corrected chi connectivity index (χ0v) is 14.6. The van der Waals surface area contributed by atoms with E-state index in [2.05, 4.69) is 4.98 Å². The van der Waals surface area contributed by atoms with Gasteiger partial charge in [0.15, 0.2) is 21.7 Å². The van der Waals surface area contributed by atoms with Crippen LogP contribution >= 0.6 is 0 Å². The van der Waals surface area contributed by atoms with Gasteiger partial charge in [-0.05, 0) is 26.3 Å². The average molecular weight is 356 g/mol. The maximum absolute atomic E-state index is 12.3. The van der Waals surface area contributed by atoms with Crippen LogP contribution in [0.4, 0.5) is 0 Å². The number of H-pyrrole nitrogens is 1. The number of nitrogens with zero attached hydrogens (tertiary/aromatic N) is 1. The van der Waals surface area contributed by atoms with E-state index in [-0.39, 0.29) is 23.0 Å². The highest BCUT2D eigenvalue weighted by Crippen LogP contribution is 2.18. The summed E-state index contributed by atoms with van der Waals surface area (Å²) in [5.41, 5.74) is 0.417. The third-order valence-corrected chi connectivity index (χ3v) is 5.80. The summed E-state index contributed by atoms with van der Waals surface area (Å²) in [6.07, 6.45) is 0.708. The van der Waals surface area contributed by atoms with E-state index in [0.29, 0.717) is 12.0 Å². The number of sulfone groups is 1. The fourth-order valence-electron chi connectivity index (χ4n) is 2.54. The summed E-state index contributed by atoms with van der Waals surface area (Å²) in [6, 6.07) is 0.952. The second-order valence-corrected chi connectivity index (χ2v) is 8.14. The molecular formula is C15H20N2O6S. The third-order valence-electron chi connectivity index (χ3n) is 4.04. The minimum absolute atomic E-state index is 0.0553. The molecule has 0 saturated carbocycles. The molecular weight excluding hydrogens is 336 g/mol. The Morgan fingerprint density at radius 3 is 2.54 bits per heavy atom. The summed E-state index contributed by atoms with van der Waals surface area (Å²) in [6.45, 7) is 2.80. The van der Waals surface area contributed by atoms with Gasteiger partial charge in [-0.2, -0.15) is 0 Å². The lowest BCUT2D eigenvalue weighted by Crippen LogP contribution is -2.44. The standard InChI is InChI=1S/C15H20N2O6S/c1-9(18)11-6-13(16-7-11)15(20)23-10(2)14(19)17(3)12-4-5-24(21,22)8-12/h6-7,10,12,16H,4-5,8H2,1-3H3/t10-,12+/m0/s1. The number of hydrogen-bond donors (Lipinski definition) is 1. The first kappa shape index (κ1) is 18.2. The Morgan fingerprint density at radius 2 is 2.04 bits per heavy atom. The van der Waals surface area contributed by atoms with Crippen LogP contribution in [-0.2, 0) is 19.4 Å². The molecule has 1 aromatic heterocycles. The van der Waals surface area contributed by atoms with Gasteiger partial charge in [-0.1, -0.05) is 0 Å². The van der Waals surface area contributed by atoms with E-state index in [1.807, 2.05) is 0 Å². The molecule has 24 heavy (non-hydrogen) atoms. The molecule has 9 heteroatoms. The highest BCUT2D eigenvalue weighted by molar-refractivity contribution is 7.91. The molecule has 1 N–H and O–H groups in total. The van der Waals surface area contributed by atoms with Crippen LogP contribution in [0, 0.1) is 0 Å². The van der Waals surface area contributed by atoms with Crippen molar-refractivity contribution in [2.75, 3.05) is 18.6 Å². The molecule has 8 nitrogen and oxygen atoms in total. The number of Topliss-reactive ketones (excluding diaryl/α,β-unsaturated/α-hetero) is 1. The fourth-order valence-corrected chi connectivity index (χ4v) is 4.31. The smallest absolute Gasteiger partial charge is 0.355 e. The Balaban J connectivity index is 1.97. The normalized spacial score (nSPS) is 20.4. The molecule has 2 atom stereocenters. The first-order valence-electron chi connectivity index (χ1n) is 7.48. The van der Waals surface area contributed by atoms with Crippen LogP contribution in [0.3, 0.4) is 0 Å². The first-order valence-corrected chi connectivity index (χ1v) is 9.30. The van der Waals surface area contributed by atoms with Crippen LogP contribution in [0.15, 0.2) is 12.3 Å². The molecule has 1 fully saturated rings. The van der Waals surface area contributed by atoms with Crippen molar-refractivity contribution in [2.24, 2.45) is 0 Å². The molecule has 1 saturated heterocycles. The number of ketones is 1. The summed E-state index contributed by atoms with van der Waals surface area (Å²) >= 11 is 0. The molecule has 1 amide bonds. The van der Waals surface area contributed by atoms with E-state index < -0.39 is 33.9 Å². The SMILES string of the molecule is CC(=O)c1c[nH]c(C(=O)O[C@@H](C)C(=O)N(C)[C@@H]2CCS(=O)(=O)C2)c1. The van der Waals surface area contributed by atoms with Gasteiger partial charge in [-0.3, -0.25) is 9.59 Å². The van der Waals surface area contributed by atoms with Crippen molar-refractivity contribution in [3.63, 3.8) is 0 Å². The molecule has 1 aliphatic heterocycles. The summed E-state index contributed by atoms with van der Waals surface area (Å²) in [4.78, 5) is 39.5. The third kappa shape index (κ3) is 4.02. The predicted molar refractivity (Wildman–Crippen MR) is 85.5 cm³/mol. The van der Waals surface area contributed by atoms with Crippen molar-refractivity contribution in [2.45, 2.75) is 32.4 Å². The van der Waals surface area contributed by atoms with Crippen molar-refractivity contribution >= 4 is 27.5 Å². The lowest BCUT2D eigenvalue weighted by Gasteiger charge is -2.26. The number of esters is 1. The molecule has 1 aliphatic rings. The van der Waals surface area contributed by atoms with Crippen molar-refractivity contribution < 1.29 is 27.5 Å². The molecule has 0 aliphatic carbocycles. The van der Waals surface area contributed by atoms with Crippen molar-refractivity contribution in [3.8, 4) is 0 Å². The Hall–Kier alpha value is -2.16. The lowest BCUT2D eigenvalue weighted by molar-refractivity contribution is -0.140. The van der Waals surface area contributed by atoms with Gasteiger partial charge in [0.2, 0.25) is 0 Å². The van der Waals surface area contributed by atoms with Gasteiger partial charge in [0.05, 0.1) is 11.5 Å². The molecule has 0 unspecified atom stereocenters. The maximum atomic E-state index is 12.3. The monoisotopic (exact) mass is 356 g/mol. The topological polar surface area (TPSA) is 114 Å². The van der Waals surface area contributed by atoms with Gasteiger partial charge in [0.1, 0.15) is 5.69 Å². The van der Waals surface area contributed by atoms with E-state index in [4.69, 9.17) is 4.74 Å². The molecule has 0 radical (unpaired) electrons. The fraction of sp³-hybridized carbons (Fsp3) is 0.533. The van der Waals surface area contributed by atoms with Crippen molar-refractivity contribution in [1.82, 2.24) is 9.88 Å². The number of likely N-dealkylation sites (N-methyl/N-ethyl adjacent to an activating group) is 1. The van der Waals surface area contributed by atoms with E-state index in [9.17, 15) is 22.8 Å². The molecule has 0 bridgehead atoms. The molecule has 0 aromatic carbocycles. The average Bonchev–Trinajstić information content (AvgIpc) is 3.12. The van der Waals surface area contributed by atoms with Gasteiger partial charge >= 0.3 is 5.97 Å². The Bertz CT molecular complexity index is 767. The van der Waals surface area contributed by atoms with Gasteiger partial charge in [0.25, 0.3) is 5.91 Å². The zero-order chi connectivity index (χ0) is 18.1. The molecule has 0 spiro atoms. The maximum Gasteiger partial charge on any atom is 0.355 e. The number of carbonyl (C=O) groups is 3. The zero-order valence-electron chi connectivity index (χ0n) is 13.7. The highest BCUT2D eigenvalue weighted by atomic mass is 32.2. The van der Waals surface area contributed by atoms with Crippen LogP contribution in [-0.4, -0.2) is 66.7 Å². The van der Waals surface area contributed by atoms with E-state index in [1.54, 1.807) is 0 Å². The second kappa shape index (κ2) is 6.76. The number of aromatic amines is 1. The quantitative estimate of drug-likeness (QED) is 0.604. The number of aromatic nitrogens is 1. The van der Waals surface area contributed by atoms with E-state index in [1.165, 1.54) is 38.1 Å². The Kier molecular flexibility index (Phi) is 5.12. The van der Waals surface area contributed by atoms with Gasteiger partial charge < -0.3 is 14.6 Å². The molecule has 2 heterocycles. The predicted octanol–water partition coefficient (Wildman–Crippen LogP) is 0.408. The molecule has 1 aromatic rings. The number of hydrogen-bond acceptors (Lipinski definition) is 6. The summed E-state index contributed by atoms with van der Waals surface area (Å²) < 4.78 is 28.1. The summed E-state index contributed by atoms with van der Waals surface area (Å²) in [5.74, 6) is -1.44. The molecule has 2 rings (SSSR count). The van der Waals surface area contributed by atoms with Gasteiger partial charge in [0, 0.05) is 24.8 Å². The van der Waals surface area contributed by atoms with Crippen LogP contribution < -0.4 is 0 Å². The highest BCUT2D eigenvalue weighted by Gasteiger charge is 2.35. The Morgan fingerprint density at radius 1 is 1.38 bits per heavy atom. The second-order valence-electron chi connectivity index (χ2n) is 5.91. The number of rotatable bonds is 5. The lowest BCUT2D eigenvalue weighted by atomic mass is 10.2. The summed E-state index contributed by atoms with van der Waals surface area (Å²) in [5, 5.41) is 0. The van der Waals surface area contributed by atoms with Gasteiger partial charge in [-0.25, -0.2) is 13.2 Å². The van der Waals surface area contributed by atoms with Crippen LogP contribution in [0.5, 0.6) is 0 Å². The number of carbonyl (C=O) groups excluding carboxylic acids is 3. The van der Waals surface area contributed by atoms with Crippen molar-refractivity contribution in [3.05, 3.63) is 23.5 Å². The number of ether oxygens (including phenoxy) is 1. The van der Waals surface area contributed by atoms with Crippen LogP contribution in [0.2, 0.25) is 0 Å². The number of amides is 1. The van der Waals surface area contributed by atoms with E-state index >= 15 is 0 Å². The van der Waals surface area contributed by atoms with Gasteiger partial charge in [-0.15, -0.1) is 0 Å². The van der Waals surface area contributed by atoms with Crippen molar-refractivity contribution in [1.29, 1.82) is 0 Å². The van der Waals surface area contributed by atoms with E-state index in [0.717, 1.165) is 0 Å². The number of nitrogens with one attached hydrogen (secondary N) is 1. The van der Waals surface area contributed by atoms with Crippen LogP contribution in [0.25, 0.3) is 0 Å².